The molecule has 0 atom stereocenters. The van der Waals surface area contributed by atoms with Crippen molar-refractivity contribution in [1.29, 1.82) is 0 Å². The molecule has 1 rings (SSSR count). The van der Waals surface area contributed by atoms with E-state index in [9.17, 15) is 4.79 Å². The van der Waals surface area contributed by atoms with Crippen LogP contribution in [0.2, 0.25) is 0 Å². The van der Waals surface area contributed by atoms with Crippen LogP contribution in [-0.4, -0.2) is 22.9 Å². The van der Waals surface area contributed by atoms with Gasteiger partial charge in [-0.2, -0.15) is 0 Å². The Morgan fingerprint density at radius 1 is 1.60 bits per heavy atom. The summed E-state index contributed by atoms with van der Waals surface area (Å²) in [5.41, 5.74) is 0. The first-order valence-corrected chi connectivity index (χ1v) is 2.80. The van der Waals surface area contributed by atoms with E-state index in [0.29, 0.717) is 6.54 Å². The van der Waals surface area contributed by atoms with E-state index in [1.807, 2.05) is 6.08 Å². The molecule has 0 spiro atoms. The maximum absolute atomic E-state index is 9.95. The van der Waals surface area contributed by atoms with Crippen LogP contribution in [0.4, 0.5) is 4.79 Å². The third-order valence-electron chi connectivity index (χ3n) is 0.980. The zero-order valence-corrected chi connectivity index (χ0v) is 5.23. The number of rotatable bonds is 1. The van der Waals surface area contributed by atoms with Gasteiger partial charge >= 0.3 is 6.16 Å². The summed E-state index contributed by atoms with van der Waals surface area (Å²) >= 11 is 0. The van der Waals surface area contributed by atoms with Crippen molar-refractivity contribution in [3.8, 4) is 0 Å². The van der Waals surface area contributed by atoms with Gasteiger partial charge in [0.1, 0.15) is 0 Å². The fraction of sp³-hybridized carbons (Fsp3) is 0.167. The summed E-state index contributed by atoms with van der Waals surface area (Å²) in [6.07, 6.45) is 5.57. The summed E-state index contributed by atoms with van der Waals surface area (Å²) in [4.78, 5) is 14.2. The molecule has 0 amide bonds. The van der Waals surface area contributed by atoms with Gasteiger partial charge in [-0.05, 0) is 6.08 Å². The van der Waals surface area contributed by atoms with Gasteiger partial charge in [0.15, 0.2) is 0 Å². The van der Waals surface area contributed by atoms with Gasteiger partial charge in [0.25, 0.3) is 0 Å². The lowest BCUT2D eigenvalue weighted by Gasteiger charge is -2.16. The summed E-state index contributed by atoms with van der Waals surface area (Å²) in [7, 11) is 0. The molecule has 0 saturated heterocycles. The standard InChI is InChI=1S/C6H7NO3/c8-6(9)10-7-4-2-1-3-5-7/h1-4H,5H2,(H,8,9). The molecule has 1 N–H and O–H groups in total. The average molecular weight is 141 g/mol. The van der Waals surface area contributed by atoms with E-state index in [1.54, 1.807) is 18.4 Å². The summed E-state index contributed by atoms with van der Waals surface area (Å²) in [6, 6.07) is 0. The number of carboxylic acid groups (broad SMARTS) is 1. The minimum atomic E-state index is -1.29. The van der Waals surface area contributed by atoms with Crippen molar-refractivity contribution in [3.05, 3.63) is 24.4 Å². The molecule has 0 bridgehead atoms. The summed E-state index contributed by atoms with van der Waals surface area (Å²) in [6.45, 7) is 0.475. The highest BCUT2D eigenvalue weighted by Gasteiger charge is 2.04. The van der Waals surface area contributed by atoms with Crippen LogP contribution in [0.1, 0.15) is 0 Å². The SMILES string of the molecule is O=C(O)ON1C=CC=CC1. The second-order valence-electron chi connectivity index (χ2n) is 1.73. The van der Waals surface area contributed by atoms with Gasteiger partial charge in [-0.25, -0.2) is 9.86 Å². The predicted octanol–water partition coefficient (Wildman–Crippen LogP) is 0.981. The molecular formula is C6H7NO3. The lowest BCUT2D eigenvalue weighted by atomic mass is 10.4. The number of hydroxylamine groups is 2. The van der Waals surface area contributed by atoms with Crippen molar-refractivity contribution in [2.24, 2.45) is 0 Å². The first kappa shape index (κ1) is 6.67. The maximum Gasteiger partial charge on any atom is 0.530 e. The van der Waals surface area contributed by atoms with Crippen LogP contribution in [-0.2, 0) is 4.84 Å². The number of nitrogens with zero attached hydrogens (tertiary/aromatic N) is 1. The van der Waals surface area contributed by atoms with Gasteiger partial charge < -0.3 is 9.94 Å². The van der Waals surface area contributed by atoms with Crippen molar-refractivity contribution in [2.45, 2.75) is 0 Å². The zero-order chi connectivity index (χ0) is 7.40. The quantitative estimate of drug-likeness (QED) is 0.591. The summed E-state index contributed by atoms with van der Waals surface area (Å²) in [5, 5.41) is 9.37. The number of hydrogen-bond donors (Lipinski definition) is 1. The van der Waals surface area contributed by atoms with Gasteiger partial charge in [-0.1, -0.05) is 12.2 Å². The first-order valence-electron chi connectivity index (χ1n) is 2.80. The normalized spacial score (nSPS) is 15.4. The third kappa shape index (κ3) is 1.81. The molecule has 0 aliphatic carbocycles. The molecule has 0 radical (unpaired) electrons. The Kier molecular flexibility index (Phi) is 1.94. The number of allylic oxidation sites excluding steroid dienone is 2. The molecule has 0 aromatic rings. The van der Waals surface area contributed by atoms with Crippen LogP contribution in [0.25, 0.3) is 0 Å². The lowest BCUT2D eigenvalue weighted by Crippen LogP contribution is -2.22. The molecule has 54 valence electrons. The van der Waals surface area contributed by atoms with E-state index in [4.69, 9.17) is 5.11 Å². The summed E-state index contributed by atoms with van der Waals surface area (Å²) < 4.78 is 0. The van der Waals surface area contributed by atoms with Crippen molar-refractivity contribution >= 4 is 6.16 Å². The molecule has 10 heavy (non-hydrogen) atoms. The average Bonchev–Trinajstić information content (AvgIpc) is 1.88. The van der Waals surface area contributed by atoms with Crippen LogP contribution < -0.4 is 0 Å². The van der Waals surface area contributed by atoms with E-state index in [2.05, 4.69) is 4.84 Å². The van der Waals surface area contributed by atoms with E-state index < -0.39 is 6.16 Å². The molecule has 0 fully saturated rings. The zero-order valence-electron chi connectivity index (χ0n) is 5.23. The molecule has 1 aliphatic heterocycles. The van der Waals surface area contributed by atoms with Crippen molar-refractivity contribution < 1.29 is 14.7 Å². The van der Waals surface area contributed by atoms with Crippen molar-refractivity contribution in [1.82, 2.24) is 5.06 Å². The Morgan fingerprint density at radius 2 is 2.40 bits per heavy atom. The van der Waals surface area contributed by atoms with E-state index in [0.717, 1.165) is 0 Å². The molecule has 0 saturated carbocycles. The Morgan fingerprint density at radius 3 is 2.90 bits per heavy atom. The fourth-order valence-electron chi connectivity index (χ4n) is 0.618. The Hall–Kier alpha value is -1.45. The molecule has 0 unspecified atom stereocenters. The van der Waals surface area contributed by atoms with Gasteiger partial charge in [0.05, 0.1) is 6.54 Å². The fourth-order valence-corrected chi connectivity index (χ4v) is 0.618. The van der Waals surface area contributed by atoms with Crippen LogP contribution in [0.5, 0.6) is 0 Å². The van der Waals surface area contributed by atoms with Crippen LogP contribution >= 0.6 is 0 Å². The second-order valence-corrected chi connectivity index (χ2v) is 1.73. The van der Waals surface area contributed by atoms with E-state index in [1.165, 1.54) is 5.06 Å². The van der Waals surface area contributed by atoms with Crippen LogP contribution in [0.15, 0.2) is 24.4 Å². The molecule has 0 aromatic heterocycles. The number of carbonyl (C=O) groups is 1. The minimum Gasteiger partial charge on any atom is -0.448 e. The Bertz CT molecular complexity index is 185. The van der Waals surface area contributed by atoms with Gasteiger partial charge in [0, 0.05) is 6.20 Å². The third-order valence-corrected chi connectivity index (χ3v) is 0.980. The van der Waals surface area contributed by atoms with Crippen molar-refractivity contribution in [2.75, 3.05) is 6.54 Å². The van der Waals surface area contributed by atoms with E-state index in [-0.39, 0.29) is 0 Å². The second kappa shape index (κ2) is 2.91. The Labute approximate surface area is 58.0 Å². The largest absolute Gasteiger partial charge is 0.530 e. The molecule has 1 aliphatic rings. The smallest absolute Gasteiger partial charge is 0.448 e. The van der Waals surface area contributed by atoms with Gasteiger partial charge in [-0.15, -0.1) is 0 Å². The number of hydrogen-bond acceptors (Lipinski definition) is 3. The van der Waals surface area contributed by atoms with Crippen molar-refractivity contribution in [3.63, 3.8) is 0 Å². The topological polar surface area (TPSA) is 49.8 Å². The van der Waals surface area contributed by atoms with Crippen LogP contribution in [0.3, 0.4) is 0 Å². The maximum atomic E-state index is 9.95. The highest BCUT2D eigenvalue weighted by atomic mass is 16.8. The minimum absolute atomic E-state index is 0.475. The Balaban J connectivity index is 2.37. The molecule has 4 nitrogen and oxygen atoms in total. The molecule has 4 heteroatoms. The lowest BCUT2D eigenvalue weighted by molar-refractivity contribution is -0.0744. The van der Waals surface area contributed by atoms with Crippen LogP contribution in [0, 0.1) is 0 Å². The molecule has 0 aromatic carbocycles. The summed E-state index contributed by atoms with van der Waals surface area (Å²) in [5.74, 6) is 0. The monoisotopic (exact) mass is 141 g/mol. The highest BCUT2D eigenvalue weighted by Crippen LogP contribution is 1.98. The molecule has 1 heterocycles. The molecular weight excluding hydrogens is 134 g/mol. The first-order chi connectivity index (χ1) is 4.79. The predicted molar refractivity (Wildman–Crippen MR) is 34.1 cm³/mol. The highest BCUT2D eigenvalue weighted by molar-refractivity contribution is 5.56. The van der Waals surface area contributed by atoms with Gasteiger partial charge in [0.2, 0.25) is 0 Å². The van der Waals surface area contributed by atoms with E-state index >= 15 is 0 Å². The van der Waals surface area contributed by atoms with Gasteiger partial charge in [-0.3, -0.25) is 0 Å².